The molecule has 0 aliphatic rings. The van der Waals surface area contributed by atoms with Gasteiger partial charge in [-0.25, -0.2) is 4.79 Å². The Balaban J connectivity index is 2.63. The zero-order chi connectivity index (χ0) is 16.6. The quantitative estimate of drug-likeness (QED) is 0.525. The zero-order valence-electron chi connectivity index (χ0n) is 12.7. The number of benzene rings is 1. The van der Waals surface area contributed by atoms with Gasteiger partial charge in [0.25, 0.3) is 6.10 Å². The maximum absolute atomic E-state index is 12.9. The van der Waals surface area contributed by atoms with Gasteiger partial charge >= 0.3 is 12.1 Å². The molecule has 0 aromatic heterocycles. The second-order valence-electron chi connectivity index (χ2n) is 4.99. The maximum Gasteiger partial charge on any atom is 0.425 e. The molecule has 124 valence electrons. The van der Waals surface area contributed by atoms with Crippen LogP contribution in [0.4, 0.5) is 13.2 Å². The van der Waals surface area contributed by atoms with Gasteiger partial charge < -0.3 is 9.47 Å². The van der Waals surface area contributed by atoms with E-state index in [1.807, 2.05) is 6.92 Å². The van der Waals surface area contributed by atoms with Crippen LogP contribution in [0.1, 0.15) is 44.8 Å². The molecule has 1 aromatic carbocycles. The Kier molecular flexibility index (Phi) is 7.38. The van der Waals surface area contributed by atoms with Crippen molar-refractivity contribution >= 4 is 5.97 Å². The summed E-state index contributed by atoms with van der Waals surface area (Å²) in [5.74, 6) is -1.40. The number of rotatable bonds is 8. The molecular weight excluding hydrogens is 297 g/mol. The largest absolute Gasteiger partial charge is 0.456 e. The lowest BCUT2D eigenvalue weighted by molar-refractivity contribution is -0.232. The number of hydrogen-bond donors (Lipinski definition) is 0. The number of unbranched alkanes of at least 4 members (excludes halogenated alkanes) is 2. The molecule has 22 heavy (non-hydrogen) atoms. The summed E-state index contributed by atoms with van der Waals surface area (Å²) in [6, 6.07) is 8.59. The Bertz CT molecular complexity index is 446. The number of esters is 1. The van der Waals surface area contributed by atoms with Crippen molar-refractivity contribution in [3.05, 3.63) is 35.9 Å². The van der Waals surface area contributed by atoms with E-state index in [0.29, 0.717) is 12.0 Å². The number of alkyl halides is 3. The first-order valence-electron chi connectivity index (χ1n) is 7.30. The molecule has 0 radical (unpaired) electrons. The molecule has 0 N–H and O–H groups in total. The minimum absolute atomic E-state index is 0.118. The van der Waals surface area contributed by atoms with Gasteiger partial charge in [0, 0.05) is 6.61 Å². The summed E-state index contributed by atoms with van der Waals surface area (Å²) >= 11 is 0. The molecule has 1 rings (SSSR count). The fraction of sp³-hybridized carbons (Fsp3) is 0.562. The van der Waals surface area contributed by atoms with Crippen molar-refractivity contribution in [3.63, 3.8) is 0 Å². The van der Waals surface area contributed by atoms with E-state index in [2.05, 4.69) is 0 Å². The van der Waals surface area contributed by atoms with E-state index in [-0.39, 0.29) is 6.61 Å². The van der Waals surface area contributed by atoms with Crippen LogP contribution in [0.3, 0.4) is 0 Å². The topological polar surface area (TPSA) is 35.5 Å². The van der Waals surface area contributed by atoms with Crippen LogP contribution in [0.15, 0.2) is 30.3 Å². The third-order valence-electron chi connectivity index (χ3n) is 3.11. The van der Waals surface area contributed by atoms with E-state index in [0.717, 1.165) is 12.8 Å². The Morgan fingerprint density at radius 1 is 1.18 bits per heavy atom. The molecule has 0 amide bonds. The standard InChI is InChI=1S/C16H21F3O3/c1-3-4-8-11-21-14(16(17,18)19)15(20)22-12(2)13-9-6-5-7-10-13/h5-7,9-10,12,14H,3-4,8,11H2,1-2H3. The molecule has 2 atom stereocenters. The monoisotopic (exact) mass is 318 g/mol. The summed E-state index contributed by atoms with van der Waals surface area (Å²) in [6.45, 7) is 3.33. The van der Waals surface area contributed by atoms with E-state index in [1.54, 1.807) is 30.3 Å². The number of carbonyl (C=O) groups excluding carboxylic acids is 1. The number of hydrogen-bond acceptors (Lipinski definition) is 3. The van der Waals surface area contributed by atoms with Gasteiger partial charge in [-0.15, -0.1) is 0 Å². The Hall–Kier alpha value is -1.56. The summed E-state index contributed by atoms with van der Waals surface area (Å²) in [5.41, 5.74) is 0.628. The summed E-state index contributed by atoms with van der Waals surface area (Å²) in [6.07, 6.45) is -5.99. The molecule has 0 saturated carbocycles. The molecule has 0 aliphatic heterocycles. The van der Waals surface area contributed by atoms with Crippen molar-refractivity contribution < 1.29 is 27.4 Å². The highest BCUT2D eigenvalue weighted by molar-refractivity contribution is 5.76. The lowest BCUT2D eigenvalue weighted by Gasteiger charge is -2.22. The van der Waals surface area contributed by atoms with E-state index in [4.69, 9.17) is 9.47 Å². The minimum atomic E-state index is -4.78. The first kappa shape index (κ1) is 18.5. The predicted molar refractivity (Wildman–Crippen MR) is 76.3 cm³/mol. The third-order valence-corrected chi connectivity index (χ3v) is 3.11. The van der Waals surface area contributed by atoms with E-state index < -0.39 is 24.4 Å². The number of carbonyl (C=O) groups is 1. The SMILES string of the molecule is CCCCCOC(C(=O)OC(C)c1ccccc1)C(F)(F)F. The van der Waals surface area contributed by atoms with E-state index in [1.165, 1.54) is 6.92 Å². The van der Waals surface area contributed by atoms with Gasteiger partial charge in [-0.1, -0.05) is 50.1 Å². The number of halogens is 3. The summed E-state index contributed by atoms with van der Waals surface area (Å²) in [7, 11) is 0. The van der Waals surface area contributed by atoms with Gasteiger partial charge in [-0.05, 0) is 18.9 Å². The fourth-order valence-electron chi connectivity index (χ4n) is 1.88. The molecule has 6 heteroatoms. The molecule has 0 aliphatic carbocycles. The van der Waals surface area contributed by atoms with Crippen LogP contribution in [0.5, 0.6) is 0 Å². The number of ether oxygens (including phenoxy) is 2. The van der Waals surface area contributed by atoms with Gasteiger partial charge in [0.05, 0.1) is 0 Å². The average molecular weight is 318 g/mol. The highest BCUT2D eigenvalue weighted by atomic mass is 19.4. The van der Waals surface area contributed by atoms with Crippen LogP contribution < -0.4 is 0 Å². The molecule has 3 nitrogen and oxygen atoms in total. The molecule has 0 bridgehead atoms. The highest BCUT2D eigenvalue weighted by Crippen LogP contribution is 2.26. The van der Waals surface area contributed by atoms with Crippen molar-refractivity contribution in [2.24, 2.45) is 0 Å². The zero-order valence-corrected chi connectivity index (χ0v) is 12.7. The van der Waals surface area contributed by atoms with Crippen molar-refractivity contribution in [1.82, 2.24) is 0 Å². The Labute approximate surface area is 128 Å². The van der Waals surface area contributed by atoms with E-state index in [9.17, 15) is 18.0 Å². The smallest absolute Gasteiger partial charge is 0.425 e. The van der Waals surface area contributed by atoms with Gasteiger partial charge in [0.15, 0.2) is 0 Å². The molecule has 0 heterocycles. The van der Waals surface area contributed by atoms with Crippen LogP contribution >= 0.6 is 0 Å². The lowest BCUT2D eigenvalue weighted by atomic mass is 10.1. The molecular formula is C16H21F3O3. The van der Waals surface area contributed by atoms with Gasteiger partial charge in [-0.2, -0.15) is 13.2 Å². The maximum atomic E-state index is 12.9. The van der Waals surface area contributed by atoms with Gasteiger partial charge in [0.2, 0.25) is 0 Å². The normalized spacial score (nSPS) is 14.4. The Morgan fingerprint density at radius 2 is 1.82 bits per heavy atom. The van der Waals surface area contributed by atoms with E-state index >= 15 is 0 Å². The van der Waals surface area contributed by atoms with Crippen LogP contribution in [0.25, 0.3) is 0 Å². The van der Waals surface area contributed by atoms with Crippen LogP contribution in [-0.4, -0.2) is 24.9 Å². The predicted octanol–water partition coefficient (Wildman–Crippen LogP) is 4.43. The van der Waals surface area contributed by atoms with Crippen molar-refractivity contribution in [2.45, 2.75) is 51.5 Å². The molecule has 1 aromatic rings. The first-order chi connectivity index (χ1) is 10.4. The molecule has 0 saturated heterocycles. The summed E-state index contributed by atoms with van der Waals surface area (Å²) < 4.78 is 48.3. The first-order valence-corrected chi connectivity index (χ1v) is 7.30. The highest BCUT2D eigenvalue weighted by Gasteiger charge is 2.47. The van der Waals surface area contributed by atoms with Crippen molar-refractivity contribution in [1.29, 1.82) is 0 Å². The second kappa shape index (κ2) is 8.78. The van der Waals surface area contributed by atoms with Gasteiger partial charge in [0.1, 0.15) is 6.10 Å². The third kappa shape index (κ3) is 6.05. The Morgan fingerprint density at radius 3 is 2.36 bits per heavy atom. The summed E-state index contributed by atoms with van der Waals surface area (Å²) in [4.78, 5) is 11.8. The fourth-order valence-corrected chi connectivity index (χ4v) is 1.88. The van der Waals surface area contributed by atoms with Crippen molar-refractivity contribution in [2.75, 3.05) is 6.61 Å². The van der Waals surface area contributed by atoms with Crippen LogP contribution in [0.2, 0.25) is 0 Å². The van der Waals surface area contributed by atoms with Crippen molar-refractivity contribution in [3.8, 4) is 0 Å². The summed E-state index contributed by atoms with van der Waals surface area (Å²) in [5, 5.41) is 0. The molecule has 0 fully saturated rings. The lowest BCUT2D eigenvalue weighted by Crippen LogP contribution is -2.40. The van der Waals surface area contributed by atoms with Crippen LogP contribution in [0, 0.1) is 0 Å². The second-order valence-corrected chi connectivity index (χ2v) is 4.99. The molecule has 0 spiro atoms. The van der Waals surface area contributed by atoms with Gasteiger partial charge in [-0.3, -0.25) is 0 Å². The molecule has 2 unspecified atom stereocenters. The average Bonchev–Trinajstić information content (AvgIpc) is 2.46. The van der Waals surface area contributed by atoms with Crippen LogP contribution in [-0.2, 0) is 14.3 Å². The minimum Gasteiger partial charge on any atom is -0.456 e.